The van der Waals surface area contributed by atoms with Crippen molar-refractivity contribution in [2.75, 3.05) is 19.0 Å². The van der Waals surface area contributed by atoms with Gasteiger partial charge in [0, 0.05) is 18.4 Å². The average molecular weight is 401 g/mol. The summed E-state index contributed by atoms with van der Waals surface area (Å²) in [5.41, 5.74) is 0.392. The topological polar surface area (TPSA) is 99.4 Å². The molecule has 3 rings (SSSR count). The van der Waals surface area contributed by atoms with E-state index in [0.717, 1.165) is 4.57 Å². The first-order chi connectivity index (χ1) is 13.4. The number of hydrogen-bond acceptors (Lipinski definition) is 6. The van der Waals surface area contributed by atoms with Gasteiger partial charge in [0.1, 0.15) is 11.2 Å². The Bertz CT molecular complexity index is 1160. The van der Waals surface area contributed by atoms with Crippen LogP contribution < -0.4 is 16.6 Å². The normalized spacial score (nSPS) is 10.9. The number of rotatable bonds is 7. The fourth-order valence-corrected chi connectivity index (χ4v) is 3.67. The molecule has 0 saturated heterocycles. The summed E-state index contributed by atoms with van der Waals surface area (Å²) in [5, 5.41) is 4.39. The van der Waals surface area contributed by atoms with Crippen LogP contribution in [0.15, 0.2) is 45.3 Å². The third kappa shape index (κ3) is 3.95. The Balaban J connectivity index is 1.93. The van der Waals surface area contributed by atoms with Crippen LogP contribution in [0.2, 0.25) is 0 Å². The second-order valence-electron chi connectivity index (χ2n) is 6.14. The van der Waals surface area contributed by atoms with E-state index in [1.54, 1.807) is 35.7 Å². The van der Waals surface area contributed by atoms with Gasteiger partial charge in [0.2, 0.25) is 5.91 Å². The SMILES string of the molecule is COCCn1c(=O)c2sccc2n(CC(=O)Nc2cccc(C(C)=O)c2)c1=O. The van der Waals surface area contributed by atoms with Gasteiger partial charge in [-0.1, -0.05) is 12.1 Å². The lowest BCUT2D eigenvalue weighted by atomic mass is 10.1. The lowest BCUT2D eigenvalue weighted by molar-refractivity contribution is -0.116. The van der Waals surface area contributed by atoms with Crippen LogP contribution in [0.4, 0.5) is 5.69 Å². The Morgan fingerprint density at radius 2 is 1.96 bits per heavy atom. The Labute approximate surface area is 164 Å². The van der Waals surface area contributed by atoms with Crippen molar-refractivity contribution in [3.63, 3.8) is 0 Å². The Kier molecular flexibility index (Phi) is 5.86. The molecule has 8 nitrogen and oxygen atoms in total. The number of aromatic nitrogens is 2. The van der Waals surface area contributed by atoms with Gasteiger partial charge in [-0.05, 0) is 30.5 Å². The molecule has 0 bridgehead atoms. The number of methoxy groups -OCH3 is 1. The molecular weight excluding hydrogens is 382 g/mol. The molecule has 0 unspecified atom stereocenters. The highest BCUT2D eigenvalue weighted by molar-refractivity contribution is 7.17. The summed E-state index contributed by atoms with van der Waals surface area (Å²) < 4.78 is 7.72. The molecule has 1 aromatic carbocycles. The van der Waals surface area contributed by atoms with Crippen LogP contribution >= 0.6 is 11.3 Å². The van der Waals surface area contributed by atoms with E-state index in [1.165, 1.54) is 29.9 Å². The Hall–Kier alpha value is -3.04. The summed E-state index contributed by atoms with van der Waals surface area (Å²) in [6.07, 6.45) is 0. The number of ketones is 1. The molecule has 0 fully saturated rings. The molecule has 2 aromatic heterocycles. The van der Waals surface area contributed by atoms with Gasteiger partial charge >= 0.3 is 5.69 Å². The summed E-state index contributed by atoms with van der Waals surface area (Å²) in [4.78, 5) is 49.3. The molecule has 0 radical (unpaired) electrons. The van der Waals surface area contributed by atoms with Crippen LogP contribution in [0.1, 0.15) is 17.3 Å². The monoisotopic (exact) mass is 401 g/mol. The van der Waals surface area contributed by atoms with Crippen LogP contribution in [0.25, 0.3) is 10.2 Å². The summed E-state index contributed by atoms with van der Waals surface area (Å²) in [5.74, 6) is -0.551. The highest BCUT2D eigenvalue weighted by Crippen LogP contribution is 2.16. The number of nitrogens with one attached hydrogen (secondary N) is 1. The molecule has 9 heteroatoms. The third-order valence-corrected chi connectivity index (χ3v) is 5.10. The second kappa shape index (κ2) is 8.32. The maximum absolute atomic E-state index is 12.8. The number of hydrogen-bond donors (Lipinski definition) is 1. The molecule has 0 spiro atoms. The van der Waals surface area contributed by atoms with Crippen LogP contribution in [0.5, 0.6) is 0 Å². The molecule has 1 N–H and O–H groups in total. The largest absolute Gasteiger partial charge is 0.383 e. The molecule has 0 atom stereocenters. The highest BCUT2D eigenvalue weighted by atomic mass is 32.1. The first kappa shape index (κ1) is 19.7. The minimum atomic E-state index is -0.569. The summed E-state index contributed by atoms with van der Waals surface area (Å²) in [6.45, 7) is 1.49. The lowest BCUT2D eigenvalue weighted by Crippen LogP contribution is -2.42. The number of Topliss-reactive ketones (excluding diaryl/α,β-unsaturated/α-hetero) is 1. The van der Waals surface area contributed by atoms with E-state index in [4.69, 9.17) is 4.74 Å². The van der Waals surface area contributed by atoms with Gasteiger partial charge in [-0.15, -0.1) is 11.3 Å². The number of nitrogens with zero attached hydrogens (tertiary/aromatic N) is 2. The first-order valence-electron chi connectivity index (χ1n) is 8.53. The van der Waals surface area contributed by atoms with Crippen LogP contribution in [0, 0.1) is 0 Å². The molecule has 0 aliphatic rings. The Morgan fingerprint density at radius 1 is 1.18 bits per heavy atom. The maximum atomic E-state index is 12.8. The van der Waals surface area contributed by atoms with Gasteiger partial charge < -0.3 is 10.1 Å². The molecule has 0 saturated carbocycles. The van der Waals surface area contributed by atoms with Gasteiger partial charge in [-0.25, -0.2) is 4.79 Å². The van der Waals surface area contributed by atoms with E-state index in [1.807, 2.05) is 0 Å². The zero-order valence-electron chi connectivity index (χ0n) is 15.4. The predicted molar refractivity (Wildman–Crippen MR) is 107 cm³/mol. The first-order valence-corrected chi connectivity index (χ1v) is 9.41. The summed E-state index contributed by atoms with van der Waals surface area (Å²) in [7, 11) is 1.48. The van der Waals surface area contributed by atoms with E-state index >= 15 is 0 Å². The zero-order chi connectivity index (χ0) is 20.3. The number of anilines is 1. The van der Waals surface area contributed by atoms with E-state index in [-0.39, 0.29) is 25.5 Å². The molecule has 2 heterocycles. The van der Waals surface area contributed by atoms with Crippen molar-refractivity contribution in [1.29, 1.82) is 0 Å². The van der Waals surface area contributed by atoms with Crippen molar-refractivity contribution >= 4 is 38.9 Å². The average Bonchev–Trinajstić information content (AvgIpc) is 3.15. The number of fused-ring (bicyclic) bond motifs is 1. The van der Waals surface area contributed by atoms with E-state index in [0.29, 0.717) is 21.5 Å². The third-order valence-electron chi connectivity index (χ3n) is 4.21. The van der Waals surface area contributed by atoms with Crippen LogP contribution in [-0.4, -0.2) is 34.5 Å². The fourth-order valence-electron chi connectivity index (χ4n) is 2.83. The minimum Gasteiger partial charge on any atom is -0.383 e. The smallest absolute Gasteiger partial charge is 0.332 e. The summed E-state index contributed by atoms with van der Waals surface area (Å²) >= 11 is 1.22. The number of carbonyl (C=O) groups excluding carboxylic acids is 2. The van der Waals surface area contributed by atoms with Gasteiger partial charge in [0.15, 0.2) is 5.78 Å². The number of thiophene rings is 1. The van der Waals surface area contributed by atoms with E-state index < -0.39 is 17.2 Å². The van der Waals surface area contributed by atoms with Crippen molar-refractivity contribution in [3.05, 3.63) is 62.1 Å². The van der Waals surface area contributed by atoms with Gasteiger partial charge in [-0.2, -0.15) is 0 Å². The number of amides is 1. The summed E-state index contributed by atoms with van der Waals surface area (Å²) in [6, 6.07) is 8.20. The molecule has 0 aliphatic carbocycles. The number of benzene rings is 1. The number of ether oxygens (including phenoxy) is 1. The van der Waals surface area contributed by atoms with Crippen molar-refractivity contribution in [2.24, 2.45) is 0 Å². The zero-order valence-corrected chi connectivity index (χ0v) is 16.2. The van der Waals surface area contributed by atoms with Crippen molar-refractivity contribution in [1.82, 2.24) is 9.13 Å². The van der Waals surface area contributed by atoms with Crippen LogP contribution in [0.3, 0.4) is 0 Å². The molecular formula is C19H19N3O5S. The molecule has 146 valence electrons. The number of carbonyl (C=O) groups is 2. The Morgan fingerprint density at radius 3 is 2.68 bits per heavy atom. The van der Waals surface area contributed by atoms with Crippen LogP contribution in [-0.2, 0) is 22.6 Å². The van der Waals surface area contributed by atoms with E-state index in [2.05, 4.69) is 5.32 Å². The van der Waals surface area contributed by atoms with Crippen molar-refractivity contribution < 1.29 is 14.3 Å². The van der Waals surface area contributed by atoms with Gasteiger partial charge in [0.05, 0.1) is 18.7 Å². The quantitative estimate of drug-likeness (QED) is 0.608. The van der Waals surface area contributed by atoms with Crippen molar-refractivity contribution in [3.8, 4) is 0 Å². The molecule has 28 heavy (non-hydrogen) atoms. The van der Waals surface area contributed by atoms with Gasteiger partial charge in [-0.3, -0.25) is 23.5 Å². The molecule has 0 aliphatic heterocycles. The molecule has 3 aromatic rings. The fraction of sp³-hybridized carbons (Fsp3) is 0.263. The molecule has 1 amide bonds. The van der Waals surface area contributed by atoms with Gasteiger partial charge in [0.25, 0.3) is 5.56 Å². The minimum absolute atomic E-state index is 0.101. The van der Waals surface area contributed by atoms with E-state index in [9.17, 15) is 19.2 Å². The van der Waals surface area contributed by atoms with Crippen molar-refractivity contribution in [2.45, 2.75) is 20.0 Å². The predicted octanol–water partition coefficient (Wildman–Crippen LogP) is 1.71. The lowest BCUT2D eigenvalue weighted by Gasteiger charge is -2.12. The standard InChI is InChI=1S/C19H19N3O5S/c1-12(23)13-4-3-5-14(10-13)20-16(24)11-22-15-6-9-28-17(15)18(25)21(19(22)26)7-8-27-2/h3-6,9-10H,7-8,11H2,1-2H3,(H,20,24). The second-order valence-corrected chi connectivity index (χ2v) is 7.05. The maximum Gasteiger partial charge on any atom is 0.332 e. The highest BCUT2D eigenvalue weighted by Gasteiger charge is 2.16.